The van der Waals surface area contributed by atoms with Gasteiger partial charge in [0.05, 0.1) is 0 Å². The number of benzene rings is 1. The van der Waals surface area contributed by atoms with Gasteiger partial charge in [0, 0.05) is 10.5 Å². The van der Waals surface area contributed by atoms with Crippen molar-refractivity contribution >= 4 is 32.9 Å². The molecule has 3 rings (SSSR count). The molecule has 3 aromatic rings. The first-order chi connectivity index (χ1) is 9.22. The number of ether oxygens (including phenoxy) is 1. The topological polar surface area (TPSA) is 89.7 Å². The van der Waals surface area contributed by atoms with E-state index in [9.17, 15) is 0 Å². The van der Waals surface area contributed by atoms with Crippen LogP contribution in [0, 0.1) is 0 Å². The SMILES string of the molecule is Nc1cc(OCc2cccc(Br)c2)c2n[nH]nc2n1. The summed E-state index contributed by atoms with van der Waals surface area (Å²) in [7, 11) is 0. The third-order valence-corrected chi connectivity index (χ3v) is 3.05. The summed E-state index contributed by atoms with van der Waals surface area (Å²) >= 11 is 3.42. The smallest absolute Gasteiger partial charge is 0.207 e. The van der Waals surface area contributed by atoms with Crippen molar-refractivity contribution in [3.8, 4) is 5.75 Å². The first-order valence-electron chi connectivity index (χ1n) is 5.56. The Morgan fingerprint density at radius 1 is 1.26 bits per heavy atom. The minimum Gasteiger partial charge on any atom is -0.486 e. The van der Waals surface area contributed by atoms with E-state index in [1.807, 2.05) is 24.3 Å². The number of pyridine rings is 1. The third-order valence-electron chi connectivity index (χ3n) is 2.56. The predicted molar refractivity (Wildman–Crippen MR) is 74.6 cm³/mol. The molecule has 96 valence electrons. The average Bonchev–Trinajstić information content (AvgIpc) is 2.84. The largest absolute Gasteiger partial charge is 0.486 e. The Bertz CT molecular complexity index is 727. The van der Waals surface area contributed by atoms with Crippen molar-refractivity contribution in [3.05, 3.63) is 40.4 Å². The second-order valence-corrected chi connectivity index (χ2v) is 4.88. The molecule has 0 bridgehead atoms. The molecule has 0 amide bonds. The number of hydrogen-bond acceptors (Lipinski definition) is 5. The normalized spacial score (nSPS) is 10.8. The minimum absolute atomic E-state index is 0.352. The molecule has 0 unspecified atom stereocenters. The van der Waals surface area contributed by atoms with E-state index in [2.05, 4.69) is 36.3 Å². The van der Waals surface area contributed by atoms with Crippen LogP contribution in [0.2, 0.25) is 0 Å². The van der Waals surface area contributed by atoms with Crippen molar-refractivity contribution in [3.63, 3.8) is 0 Å². The number of rotatable bonds is 3. The molecule has 0 aliphatic rings. The third kappa shape index (κ3) is 2.50. The summed E-state index contributed by atoms with van der Waals surface area (Å²) in [6.45, 7) is 0.421. The van der Waals surface area contributed by atoms with Crippen LogP contribution in [0.3, 0.4) is 0 Å². The number of aromatic amines is 1. The van der Waals surface area contributed by atoms with Gasteiger partial charge in [0.1, 0.15) is 12.4 Å². The molecule has 7 heteroatoms. The zero-order valence-corrected chi connectivity index (χ0v) is 11.4. The second kappa shape index (κ2) is 4.85. The van der Waals surface area contributed by atoms with Crippen molar-refractivity contribution in [2.45, 2.75) is 6.61 Å². The Morgan fingerprint density at radius 3 is 3.00 bits per heavy atom. The van der Waals surface area contributed by atoms with Crippen LogP contribution in [0.25, 0.3) is 11.2 Å². The highest BCUT2D eigenvalue weighted by molar-refractivity contribution is 9.10. The van der Waals surface area contributed by atoms with Gasteiger partial charge in [0.15, 0.2) is 11.3 Å². The van der Waals surface area contributed by atoms with Crippen LogP contribution in [0.15, 0.2) is 34.8 Å². The summed E-state index contributed by atoms with van der Waals surface area (Å²) in [5.74, 6) is 0.918. The van der Waals surface area contributed by atoms with Gasteiger partial charge in [0.2, 0.25) is 5.65 Å². The highest BCUT2D eigenvalue weighted by Gasteiger charge is 2.09. The number of nitrogens with two attached hydrogens (primary N) is 1. The van der Waals surface area contributed by atoms with Crippen LogP contribution in [-0.4, -0.2) is 20.4 Å². The number of nitrogens with one attached hydrogen (secondary N) is 1. The summed E-state index contributed by atoms with van der Waals surface area (Å²) < 4.78 is 6.74. The van der Waals surface area contributed by atoms with Crippen molar-refractivity contribution < 1.29 is 4.74 Å². The Balaban J connectivity index is 1.87. The van der Waals surface area contributed by atoms with E-state index < -0.39 is 0 Å². The van der Waals surface area contributed by atoms with Crippen molar-refractivity contribution in [2.75, 3.05) is 5.73 Å². The summed E-state index contributed by atoms with van der Waals surface area (Å²) in [5.41, 5.74) is 7.76. The Hall–Kier alpha value is -2.15. The molecule has 0 atom stereocenters. The van der Waals surface area contributed by atoms with E-state index in [4.69, 9.17) is 10.5 Å². The highest BCUT2D eigenvalue weighted by Crippen LogP contribution is 2.24. The molecule has 6 nitrogen and oxygen atoms in total. The van der Waals surface area contributed by atoms with Gasteiger partial charge < -0.3 is 10.5 Å². The lowest BCUT2D eigenvalue weighted by Crippen LogP contribution is -1.98. The lowest BCUT2D eigenvalue weighted by atomic mass is 10.2. The Kier molecular flexibility index (Phi) is 3.04. The van der Waals surface area contributed by atoms with Crippen LogP contribution >= 0.6 is 15.9 Å². The monoisotopic (exact) mass is 319 g/mol. The quantitative estimate of drug-likeness (QED) is 0.773. The van der Waals surface area contributed by atoms with E-state index in [-0.39, 0.29) is 0 Å². The molecule has 0 fully saturated rings. The molecule has 0 saturated carbocycles. The molecule has 2 heterocycles. The van der Waals surface area contributed by atoms with Gasteiger partial charge in [-0.25, -0.2) is 4.98 Å². The average molecular weight is 320 g/mol. The molecular formula is C12H10BrN5O. The number of hydrogen-bond donors (Lipinski definition) is 2. The molecule has 19 heavy (non-hydrogen) atoms. The summed E-state index contributed by atoms with van der Waals surface area (Å²) in [6.07, 6.45) is 0. The van der Waals surface area contributed by atoms with Gasteiger partial charge >= 0.3 is 0 Å². The zero-order valence-electron chi connectivity index (χ0n) is 9.80. The van der Waals surface area contributed by atoms with Crippen LogP contribution in [0.5, 0.6) is 5.75 Å². The van der Waals surface area contributed by atoms with Gasteiger partial charge in [-0.1, -0.05) is 28.1 Å². The zero-order chi connectivity index (χ0) is 13.2. The van der Waals surface area contributed by atoms with E-state index in [1.165, 1.54) is 0 Å². The molecule has 0 aliphatic carbocycles. The maximum absolute atomic E-state index is 5.74. The predicted octanol–water partition coefficient (Wildman–Crippen LogP) is 2.28. The lowest BCUT2D eigenvalue weighted by Gasteiger charge is -2.07. The fourth-order valence-electron chi connectivity index (χ4n) is 1.72. The molecule has 0 aliphatic heterocycles. The molecule has 3 N–H and O–H groups in total. The number of aromatic nitrogens is 4. The van der Waals surface area contributed by atoms with Gasteiger partial charge in [-0.15, -0.1) is 5.10 Å². The van der Waals surface area contributed by atoms with E-state index in [0.29, 0.717) is 29.3 Å². The Morgan fingerprint density at radius 2 is 2.16 bits per heavy atom. The standard InChI is InChI=1S/C12H10BrN5O/c13-8-3-1-2-7(4-8)6-19-9-5-10(14)15-12-11(9)16-18-17-12/h1-5H,6H2,(H3,14,15,16,17,18). The Labute approximate surface area is 117 Å². The van der Waals surface area contributed by atoms with Gasteiger partial charge in [-0.2, -0.15) is 10.3 Å². The molecular weight excluding hydrogens is 310 g/mol. The van der Waals surface area contributed by atoms with Crippen LogP contribution in [0.1, 0.15) is 5.56 Å². The highest BCUT2D eigenvalue weighted by atomic mass is 79.9. The summed E-state index contributed by atoms with van der Waals surface area (Å²) in [5, 5.41) is 10.4. The van der Waals surface area contributed by atoms with E-state index in [1.54, 1.807) is 6.07 Å². The van der Waals surface area contributed by atoms with E-state index in [0.717, 1.165) is 10.0 Å². The van der Waals surface area contributed by atoms with Gasteiger partial charge in [-0.3, -0.25) is 0 Å². The second-order valence-electron chi connectivity index (χ2n) is 3.96. The number of anilines is 1. The van der Waals surface area contributed by atoms with Crippen LogP contribution in [0.4, 0.5) is 5.82 Å². The van der Waals surface area contributed by atoms with Crippen molar-refractivity contribution in [1.82, 2.24) is 20.4 Å². The fraction of sp³-hybridized carbons (Fsp3) is 0.0833. The van der Waals surface area contributed by atoms with Crippen molar-refractivity contribution in [1.29, 1.82) is 0 Å². The molecule has 0 radical (unpaired) electrons. The number of halogens is 1. The summed E-state index contributed by atoms with van der Waals surface area (Å²) in [6, 6.07) is 9.53. The maximum Gasteiger partial charge on any atom is 0.207 e. The lowest BCUT2D eigenvalue weighted by molar-refractivity contribution is 0.309. The molecule has 0 saturated heterocycles. The number of nitrogen functional groups attached to an aromatic ring is 1. The molecule has 2 aromatic heterocycles. The number of H-pyrrole nitrogens is 1. The maximum atomic E-state index is 5.74. The van der Waals surface area contributed by atoms with Crippen LogP contribution < -0.4 is 10.5 Å². The van der Waals surface area contributed by atoms with Crippen LogP contribution in [-0.2, 0) is 6.61 Å². The van der Waals surface area contributed by atoms with E-state index >= 15 is 0 Å². The minimum atomic E-state index is 0.352. The first kappa shape index (κ1) is 11.9. The number of nitrogens with zero attached hydrogens (tertiary/aromatic N) is 3. The van der Waals surface area contributed by atoms with Gasteiger partial charge in [0.25, 0.3) is 0 Å². The summed E-state index contributed by atoms with van der Waals surface area (Å²) in [4.78, 5) is 4.05. The number of fused-ring (bicyclic) bond motifs is 1. The fourth-order valence-corrected chi connectivity index (χ4v) is 2.17. The molecule has 0 spiro atoms. The first-order valence-corrected chi connectivity index (χ1v) is 6.36. The van der Waals surface area contributed by atoms with Crippen molar-refractivity contribution in [2.24, 2.45) is 0 Å². The van der Waals surface area contributed by atoms with Gasteiger partial charge in [-0.05, 0) is 17.7 Å². The molecule has 1 aromatic carbocycles.